The Balaban J connectivity index is 2.46. The van der Waals surface area contributed by atoms with Crippen molar-refractivity contribution >= 4 is 34.9 Å². The Labute approximate surface area is 162 Å². The summed E-state index contributed by atoms with van der Waals surface area (Å²) in [6.07, 6.45) is 0. The Morgan fingerprint density at radius 3 is 1.69 bits per heavy atom. The van der Waals surface area contributed by atoms with Crippen molar-refractivity contribution < 1.29 is 33.7 Å². The molecular weight excluding hydrogens is 390 g/mol. The number of ether oxygens (including phenoxy) is 2. The van der Waals surface area contributed by atoms with Crippen LogP contribution >= 0.6 is 0 Å². The van der Waals surface area contributed by atoms with Gasteiger partial charge in [-0.3, -0.25) is 25.0 Å². The normalized spacial score (nSPS) is 10.0. The first-order valence-electron chi connectivity index (χ1n) is 7.73. The van der Waals surface area contributed by atoms with Gasteiger partial charge < -0.3 is 14.8 Å². The predicted octanol–water partition coefficient (Wildman–Crippen LogP) is 2.33. The van der Waals surface area contributed by atoms with Gasteiger partial charge in [-0.1, -0.05) is 0 Å². The summed E-state index contributed by atoms with van der Waals surface area (Å²) in [7, 11) is 2.15. The van der Waals surface area contributed by atoms with Crippen molar-refractivity contribution in [2.75, 3.05) is 19.5 Å². The van der Waals surface area contributed by atoms with Gasteiger partial charge in [-0.2, -0.15) is 0 Å². The number of carbonyl (C=O) groups excluding carboxylic acids is 3. The number of benzene rings is 2. The molecule has 0 fully saturated rings. The van der Waals surface area contributed by atoms with Crippen LogP contribution in [0.25, 0.3) is 0 Å². The van der Waals surface area contributed by atoms with Gasteiger partial charge in [-0.25, -0.2) is 9.59 Å². The van der Waals surface area contributed by atoms with Gasteiger partial charge in [0.05, 0.1) is 35.2 Å². The molecule has 0 saturated heterocycles. The summed E-state index contributed by atoms with van der Waals surface area (Å²) in [6, 6.07) is 6.00. The van der Waals surface area contributed by atoms with Gasteiger partial charge in [0, 0.05) is 35.5 Å². The van der Waals surface area contributed by atoms with Crippen molar-refractivity contribution in [3.05, 3.63) is 73.3 Å². The van der Waals surface area contributed by atoms with Crippen molar-refractivity contribution in [3.63, 3.8) is 0 Å². The zero-order valence-electron chi connectivity index (χ0n) is 15.0. The standard InChI is InChI=1S/C17H13N3O9/c1-28-16(22)10-3-9(5-13(6-10)19(24)25)15(21)18-12-4-11(17(23)29-2)7-14(8-12)20(26)27/h3-8H,1-2H3,(H,18,21). The van der Waals surface area contributed by atoms with Crippen molar-refractivity contribution in [2.45, 2.75) is 0 Å². The SMILES string of the molecule is COC(=O)c1cc(NC(=O)c2cc(C(=O)OC)cc([N+](=O)[O-])c2)cc([N+](=O)[O-])c1. The number of rotatable bonds is 6. The van der Waals surface area contributed by atoms with Crippen molar-refractivity contribution in [1.82, 2.24) is 0 Å². The molecule has 12 nitrogen and oxygen atoms in total. The number of nitrogens with one attached hydrogen (secondary N) is 1. The first-order valence-corrected chi connectivity index (χ1v) is 7.73. The maximum Gasteiger partial charge on any atom is 0.338 e. The van der Waals surface area contributed by atoms with Crippen LogP contribution in [0.1, 0.15) is 31.1 Å². The highest BCUT2D eigenvalue weighted by Crippen LogP contribution is 2.24. The van der Waals surface area contributed by atoms with Gasteiger partial charge in [-0.05, 0) is 12.1 Å². The lowest BCUT2D eigenvalue weighted by Crippen LogP contribution is -2.15. The quantitative estimate of drug-likeness (QED) is 0.432. The number of hydrogen-bond acceptors (Lipinski definition) is 9. The summed E-state index contributed by atoms with van der Waals surface area (Å²) in [5.41, 5.74) is -1.85. The zero-order valence-corrected chi connectivity index (χ0v) is 15.0. The zero-order chi connectivity index (χ0) is 21.7. The third kappa shape index (κ3) is 4.88. The Kier molecular flexibility index (Phi) is 6.19. The maximum atomic E-state index is 12.5. The van der Waals surface area contributed by atoms with Crippen molar-refractivity contribution in [3.8, 4) is 0 Å². The number of esters is 2. The van der Waals surface area contributed by atoms with Crippen LogP contribution in [0.5, 0.6) is 0 Å². The predicted molar refractivity (Wildman–Crippen MR) is 96.8 cm³/mol. The van der Waals surface area contributed by atoms with E-state index in [0.717, 1.165) is 50.6 Å². The number of non-ortho nitro benzene ring substituents is 2. The summed E-state index contributed by atoms with van der Waals surface area (Å²) < 4.78 is 9.01. The number of nitrogens with zero attached hydrogens (tertiary/aromatic N) is 2. The van der Waals surface area contributed by atoms with E-state index >= 15 is 0 Å². The van der Waals surface area contributed by atoms with E-state index in [0.29, 0.717) is 0 Å². The largest absolute Gasteiger partial charge is 0.465 e. The highest BCUT2D eigenvalue weighted by Gasteiger charge is 2.20. The van der Waals surface area contributed by atoms with E-state index in [4.69, 9.17) is 0 Å². The molecule has 0 heterocycles. The van der Waals surface area contributed by atoms with Gasteiger partial charge in [0.1, 0.15) is 0 Å². The number of methoxy groups -OCH3 is 2. The number of amides is 1. The van der Waals surface area contributed by atoms with Gasteiger partial charge in [0.2, 0.25) is 0 Å². The molecule has 0 unspecified atom stereocenters. The van der Waals surface area contributed by atoms with E-state index in [1.807, 2.05) is 0 Å². The average molecular weight is 403 g/mol. The number of nitro benzene ring substituents is 2. The first kappa shape index (κ1) is 21.0. The van der Waals surface area contributed by atoms with Crippen LogP contribution in [0.2, 0.25) is 0 Å². The molecule has 0 atom stereocenters. The maximum absolute atomic E-state index is 12.5. The highest BCUT2D eigenvalue weighted by atomic mass is 16.6. The highest BCUT2D eigenvalue weighted by molar-refractivity contribution is 6.07. The lowest BCUT2D eigenvalue weighted by molar-refractivity contribution is -0.385. The second-order valence-electron chi connectivity index (χ2n) is 5.49. The minimum Gasteiger partial charge on any atom is -0.465 e. The summed E-state index contributed by atoms with van der Waals surface area (Å²) in [5, 5.41) is 24.4. The molecule has 0 aromatic heterocycles. The van der Waals surface area contributed by atoms with Crippen LogP contribution < -0.4 is 5.32 Å². The van der Waals surface area contributed by atoms with Crippen LogP contribution in [0.4, 0.5) is 17.1 Å². The molecule has 2 aromatic carbocycles. The fourth-order valence-corrected chi connectivity index (χ4v) is 2.31. The molecule has 1 amide bonds. The number of carbonyl (C=O) groups is 3. The second-order valence-corrected chi connectivity index (χ2v) is 5.49. The van der Waals surface area contributed by atoms with Crippen LogP contribution in [0, 0.1) is 20.2 Å². The lowest BCUT2D eigenvalue weighted by Gasteiger charge is -2.08. The van der Waals surface area contributed by atoms with Crippen LogP contribution in [-0.4, -0.2) is 41.9 Å². The molecule has 0 radical (unpaired) electrons. The Morgan fingerprint density at radius 1 is 0.759 bits per heavy atom. The average Bonchev–Trinajstić information content (AvgIpc) is 2.71. The molecule has 0 aliphatic carbocycles. The van der Waals surface area contributed by atoms with Gasteiger partial charge in [0.15, 0.2) is 0 Å². The molecule has 2 aromatic rings. The summed E-state index contributed by atoms with van der Waals surface area (Å²) in [4.78, 5) is 56.4. The lowest BCUT2D eigenvalue weighted by atomic mass is 10.1. The van der Waals surface area contributed by atoms with Crippen LogP contribution in [0.3, 0.4) is 0 Å². The monoisotopic (exact) mass is 403 g/mol. The molecule has 12 heteroatoms. The Morgan fingerprint density at radius 2 is 1.21 bits per heavy atom. The minimum atomic E-state index is -0.907. The third-order valence-corrected chi connectivity index (χ3v) is 3.62. The molecule has 1 N–H and O–H groups in total. The minimum absolute atomic E-state index is 0.129. The molecule has 150 valence electrons. The molecule has 0 saturated carbocycles. The number of nitro groups is 2. The molecule has 2 rings (SSSR count). The molecule has 0 spiro atoms. The Hall–Kier alpha value is -4.35. The number of hydrogen-bond donors (Lipinski definition) is 1. The van der Waals surface area contributed by atoms with Crippen LogP contribution in [-0.2, 0) is 9.47 Å². The fraction of sp³-hybridized carbons (Fsp3) is 0.118. The fourth-order valence-electron chi connectivity index (χ4n) is 2.31. The van der Waals surface area contributed by atoms with E-state index < -0.39 is 39.1 Å². The van der Waals surface area contributed by atoms with Gasteiger partial charge >= 0.3 is 11.9 Å². The number of anilines is 1. The molecule has 0 bridgehead atoms. The summed E-state index contributed by atoms with van der Waals surface area (Å²) in [5.74, 6) is -2.67. The molecule has 0 aliphatic rings. The van der Waals surface area contributed by atoms with E-state index in [1.54, 1.807) is 0 Å². The molecular formula is C17H13N3O9. The Bertz CT molecular complexity index is 1030. The van der Waals surface area contributed by atoms with Crippen molar-refractivity contribution in [2.24, 2.45) is 0 Å². The topological polar surface area (TPSA) is 168 Å². The molecule has 0 aliphatic heterocycles. The van der Waals surface area contributed by atoms with E-state index in [9.17, 15) is 34.6 Å². The van der Waals surface area contributed by atoms with E-state index in [1.165, 1.54) is 0 Å². The third-order valence-electron chi connectivity index (χ3n) is 3.62. The first-order chi connectivity index (χ1) is 13.7. The molecule has 29 heavy (non-hydrogen) atoms. The summed E-state index contributed by atoms with van der Waals surface area (Å²) in [6.45, 7) is 0. The van der Waals surface area contributed by atoms with Crippen molar-refractivity contribution in [1.29, 1.82) is 0 Å². The summed E-state index contributed by atoms with van der Waals surface area (Å²) >= 11 is 0. The van der Waals surface area contributed by atoms with Gasteiger partial charge in [0.25, 0.3) is 17.3 Å². The van der Waals surface area contributed by atoms with E-state index in [2.05, 4.69) is 14.8 Å². The smallest absolute Gasteiger partial charge is 0.338 e. The second kappa shape index (κ2) is 8.56. The van der Waals surface area contributed by atoms with E-state index in [-0.39, 0.29) is 22.4 Å². The van der Waals surface area contributed by atoms with Gasteiger partial charge in [-0.15, -0.1) is 0 Å². The van der Waals surface area contributed by atoms with Crippen LogP contribution in [0.15, 0.2) is 36.4 Å².